The van der Waals surface area contributed by atoms with Gasteiger partial charge < -0.3 is 9.32 Å². The zero-order valence-electron chi connectivity index (χ0n) is 14.7. The average Bonchev–Trinajstić information content (AvgIpc) is 3.11. The van der Waals surface area contributed by atoms with Gasteiger partial charge in [-0.3, -0.25) is 4.90 Å². The molecule has 1 aromatic heterocycles. The van der Waals surface area contributed by atoms with Crippen molar-refractivity contribution in [1.82, 2.24) is 15.1 Å². The number of rotatable bonds is 4. The molecule has 5 nitrogen and oxygen atoms in total. The molecule has 0 unspecified atom stereocenters. The number of halogens is 1. The van der Waals surface area contributed by atoms with Crippen LogP contribution in [0.3, 0.4) is 0 Å². The van der Waals surface area contributed by atoms with E-state index in [4.69, 9.17) is 16.0 Å². The molecule has 1 aliphatic heterocycles. The van der Waals surface area contributed by atoms with Crippen LogP contribution in [-0.4, -0.2) is 41.3 Å². The summed E-state index contributed by atoms with van der Waals surface area (Å²) in [5.41, 5.74) is 3.35. The second-order valence-corrected chi connectivity index (χ2v) is 7.05. The van der Waals surface area contributed by atoms with Gasteiger partial charge in [0, 0.05) is 42.5 Å². The van der Waals surface area contributed by atoms with Crippen molar-refractivity contribution in [3.05, 3.63) is 65.0 Å². The van der Waals surface area contributed by atoms with Crippen LogP contribution >= 0.6 is 11.6 Å². The van der Waals surface area contributed by atoms with Gasteiger partial charge in [-0.1, -0.05) is 35.4 Å². The highest BCUT2D eigenvalue weighted by Gasteiger charge is 2.19. The lowest BCUT2D eigenvalue weighted by molar-refractivity contribution is 0.227. The first-order valence-electron chi connectivity index (χ1n) is 8.80. The Morgan fingerprint density at radius 3 is 2.50 bits per heavy atom. The van der Waals surface area contributed by atoms with Crippen molar-refractivity contribution in [2.24, 2.45) is 0 Å². The second kappa shape index (κ2) is 7.48. The molecule has 1 saturated heterocycles. The van der Waals surface area contributed by atoms with E-state index in [1.54, 1.807) is 0 Å². The molecule has 1 fully saturated rings. The van der Waals surface area contributed by atoms with Gasteiger partial charge >= 0.3 is 0 Å². The van der Waals surface area contributed by atoms with E-state index in [1.165, 1.54) is 11.3 Å². The van der Waals surface area contributed by atoms with Gasteiger partial charge in [-0.15, -0.1) is 10.2 Å². The van der Waals surface area contributed by atoms with E-state index < -0.39 is 0 Å². The van der Waals surface area contributed by atoms with Crippen LogP contribution in [0.1, 0.15) is 11.5 Å². The molecule has 0 bridgehead atoms. The lowest BCUT2D eigenvalue weighted by atomic mass is 10.1. The molecular formula is C20H21ClN4O. The molecule has 0 N–H and O–H groups in total. The van der Waals surface area contributed by atoms with Crippen molar-refractivity contribution in [3.8, 4) is 11.5 Å². The number of aromatic nitrogens is 2. The third-order valence-corrected chi connectivity index (χ3v) is 4.90. The second-order valence-electron chi connectivity index (χ2n) is 6.61. The highest BCUT2D eigenvalue weighted by Crippen LogP contribution is 2.22. The van der Waals surface area contributed by atoms with Crippen LogP contribution in [0.25, 0.3) is 11.5 Å². The number of hydrogen-bond acceptors (Lipinski definition) is 5. The minimum absolute atomic E-state index is 0.581. The Balaban J connectivity index is 1.35. The van der Waals surface area contributed by atoms with Gasteiger partial charge in [0.2, 0.25) is 11.8 Å². The Bertz CT molecular complexity index is 870. The van der Waals surface area contributed by atoms with Gasteiger partial charge in [0.1, 0.15) is 0 Å². The number of hydrogen-bond donors (Lipinski definition) is 0. The van der Waals surface area contributed by atoms with E-state index in [2.05, 4.69) is 33.0 Å². The van der Waals surface area contributed by atoms with E-state index in [0.717, 1.165) is 36.8 Å². The molecule has 0 atom stereocenters. The molecule has 0 aliphatic carbocycles. The monoisotopic (exact) mass is 368 g/mol. The van der Waals surface area contributed by atoms with Gasteiger partial charge in [0.25, 0.3) is 0 Å². The molecule has 1 aliphatic rings. The summed E-state index contributed by atoms with van der Waals surface area (Å²) in [6.45, 7) is 6.57. The van der Waals surface area contributed by atoms with Gasteiger partial charge in [0.15, 0.2) is 0 Å². The van der Waals surface area contributed by atoms with E-state index in [0.29, 0.717) is 18.3 Å². The van der Waals surface area contributed by atoms with Gasteiger partial charge in [-0.2, -0.15) is 0 Å². The zero-order chi connectivity index (χ0) is 17.9. The highest BCUT2D eigenvalue weighted by atomic mass is 35.5. The third-order valence-electron chi connectivity index (χ3n) is 4.67. The lowest BCUT2D eigenvalue weighted by Crippen LogP contribution is -2.46. The standard InChI is InChI=1S/C20H21ClN4O/c1-15-5-7-16(8-6-15)20-23-22-19(26-20)14-24-9-11-25(12-10-24)18-4-2-3-17(21)13-18/h2-8,13H,9-12,14H2,1H3. The zero-order valence-corrected chi connectivity index (χ0v) is 15.5. The molecule has 3 aromatic rings. The summed E-state index contributed by atoms with van der Waals surface area (Å²) < 4.78 is 5.84. The smallest absolute Gasteiger partial charge is 0.247 e. The van der Waals surface area contributed by atoms with Crippen molar-refractivity contribution in [2.75, 3.05) is 31.1 Å². The minimum atomic E-state index is 0.581. The molecule has 2 heterocycles. The quantitative estimate of drug-likeness (QED) is 0.696. The van der Waals surface area contributed by atoms with E-state index >= 15 is 0 Å². The van der Waals surface area contributed by atoms with Crippen molar-refractivity contribution in [1.29, 1.82) is 0 Å². The molecule has 0 spiro atoms. The van der Waals surface area contributed by atoms with Gasteiger partial charge in [-0.25, -0.2) is 0 Å². The Kier molecular flexibility index (Phi) is 4.91. The number of nitrogens with zero attached hydrogens (tertiary/aromatic N) is 4. The van der Waals surface area contributed by atoms with Gasteiger partial charge in [-0.05, 0) is 37.3 Å². The molecule has 0 radical (unpaired) electrons. The van der Waals surface area contributed by atoms with Crippen molar-refractivity contribution >= 4 is 17.3 Å². The summed E-state index contributed by atoms with van der Waals surface area (Å²) in [5, 5.41) is 9.17. The van der Waals surface area contributed by atoms with Crippen LogP contribution in [-0.2, 0) is 6.54 Å². The van der Waals surface area contributed by atoms with Crippen LogP contribution in [0, 0.1) is 6.92 Å². The number of benzene rings is 2. The fourth-order valence-corrected chi connectivity index (χ4v) is 3.34. The van der Waals surface area contributed by atoms with Crippen LogP contribution in [0.15, 0.2) is 52.9 Å². The van der Waals surface area contributed by atoms with Crippen molar-refractivity contribution in [2.45, 2.75) is 13.5 Å². The van der Waals surface area contributed by atoms with Crippen LogP contribution in [0.2, 0.25) is 5.02 Å². The number of piperazine rings is 1. The fraction of sp³-hybridized carbons (Fsp3) is 0.300. The highest BCUT2D eigenvalue weighted by molar-refractivity contribution is 6.30. The van der Waals surface area contributed by atoms with Crippen LogP contribution in [0.5, 0.6) is 0 Å². The topological polar surface area (TPSA) is 45.4 Å². The molecular weight excluding hydrogens is 348 g/mol. The first-order valence-corrected chi connectivity index (χ1v) is 9.17. The van der Waals surface area contributed by atoms with Crippen molar-refractivity contribution < 1.29 is 4.42 Å². The van der Waals surface area contributed by atoms with Crippen LogP contribution in [0.4, 0.5) is 5.69 Å². The summed E-state index contributed by atoms with van der Waals surface area (Å²) >= 11 is 6.10. The maximum absolute atomic E-state index is 6.10. The Labute approximate surface area is 158 Å². The first kappa shape index (κ1) is 17.1. The molecule has 4 rings (SSSR count). The Morgan fingerprint density at radius 1 is 1.00 bits per heavy atom. The van der Waals surface area contributed by atoms with Crippen LogP contribution < -0.4 is 4.90 Å². The predicted octanol–water partition coefficient (Wildman–Crippen LogP) is 4.02. The molecule has 2 aromatic carbocycles. The molecule has 6 heteroatoms. The van der Waals surface area contributed by atoms with Crippen molar-refractivity contribution in [3.63, 3.8) is 0 Å². The maximum Gasteiger partial charge on any atom is 0.247 e. The lowest BCUT2D eigenvalue weighted by Gasteiger charge is -2.35. The predicted molar refractivity (Wildman–Crippen MR) is 103 cm³/mol. The van der Waals surface area contributed by atoms with E-state index in [-0.39, 0.29) is 0 Å². The summed E-state index contributed by atoms with van der Waals surface area (Å²) in [6, 6.07) is 16.1. The number of aryl methyl sites for hydroxylation is 1. The largest absolute Gasteiger partial charge is 0.419 e. The Hall–Kier alpha value is -2.37. The molecule has 0 saturated carbocycles. The van der Waals surface area contributed by atoms with E-state index in [9.17, 15) is 0 Å². The number of anilines is 1. The molecule has 134 valence electrons. The minimum Gasteiger partial charge on any atom is -0.419 e. The maximum atomic E-state index is 6.10. The normalized spacial score (nSPS) is 15.4. The first-order chi connectivity index (χ1) is 12.7. The average molecular weight is 369 g/mol. The summed E-state index contributed by atoms with van der Waals surface area (Å²) in [6.07, 6.45) is 0. The summed E-state index contributed by atoms with van der Waals surface area (Å²) in [7, 11) is 0. The van der Waals surface area contributed by atoms with Gasteiger partial charge in [0.05, 0.1) is 6.54 Å². The summed E-state index contributed by atoms with van der Waals surface area (Å²) in [4.78, 5) is 4.70. The molecule has 0 amide bonds. The van der Waals surface area contributed by atoms with E-state index in [1.807, 2.05) is 42.5 Å². The Morgan fingerprint density at radius 2 is 1.77 bits per heavy atom. The SMILES string of the molecule is Cc1ccc(-c2nnc(CN3CCN(c4cccc(Cl)c4)CC3)o2)cc1. The summed E-state index contributed by atoms with van der Waals surface area (Å²) in [5.74, 6) is 1.24. The molecule has 26 heavy (non-hydrogen) atoms. The fourth-order valence-electron chi connectivity index (χ4n) is 3.16. The third kappa shape index (κ3) is 3.89.